The summed E-state index contributed by atoms with van der Waals surface area (Å²) in [6.45, 7) is 27.8. The first-order valence-electron chi connectivity index (χ1n) is 51.5. The number of carbonyl (C=O) groups excluding carboxylic acids is 5. The minimum absolute atomic E-state index is 0.00738. The Balaban J connectivity index is 0. The van der Waals surface area contributed by atoms with Gasteiger partial charge in [-0.25, -0.2) is 0 Å². The van der Waals surface area contributed by atoms with Gasteiger partial charge in [-0.3, -0.25) is 28.8 Å². The summed E-state index contributed by atoms with van der Waals surface area (Å²) in [4.78, 5) is 76.2. The number of ether oxygens (including phenoxy) is 23. The Bertz CT molecular complexity index is 2630. The molecule has 38 nitrogen and oxygen atoms in total. The highest BCUT2D eigenvalue weighted by Gasteiger charge is 2.16. The molecule has 38 heteroatoms. The number of carboxylic acids is 1. The van der Waals surface area contributed by atoms with E-state index in [1.54, 1.807) is 0 Å². The van der Waals surface area contributed by atoms with Crippen molar-refractivity contribution in [2.45, 2.75) is 283 Å². The Morgan fingerprint density at radius 3 is 0.559 bits per heavy atom. The Morgan fingerprint density at radius 2 is 0.375 bits per heavy atom. The lowest BCUT2D eigenvalue weighted by Crippen LogP contribution is -2.27. The number of carboxylic acid groups (broad SMARTS) is 1. The molecule has 0 heterocycles. The van der Waals surface area contributed by atoms with Crippen LogP contribution in [-0.4, -0.2) is 363 Å². The van der Waals surface area contributed by atoms with Crippen molar-refractivity contribution < 1.29 is 143 Å². The smallest absolute Gasteiger partial charge is 0.306 e. The Hall–Kier alpha value is -5.04. The zero-order valence-electron chi connectivity index (χ0n) is 84.7. The standard InChI is InChI=1S/C51H98N4O15.C47H90N4O15/c1-51(2,3)70-50(58)23-17-15-13-11-9-7-5-4-6-8-10-12-14-16-20-48(56)21-18-19-22-49(57)53-24-26-59-28-30-61-32-34-63-36-38-65-40-42-67-44-46-69-47-45-68-43-41-66-39-37-64-35-33-62-31-29-60-27-25-54-55-52;48-51-50-22-24-57-26-28-59-30-32-61-34-36-63-38-40-65-42-44-66-43-41-64-39-37-62-35-33-60-31-29-58-27-25-56-23-21-49-46(53)19-16-15-18-45(52)17-13-11-9-7-5-3-1-2-4-6-8-10-12-14-20-47(54)55/h4-47H2,1-3H3,(H,53,57);1-44H2,(H,49,53)(H,54,55). The monoisotopic (exact) mass is 1960 g/mol. The molecule has 0 rings (SSSR count). The molecule has 0 spiro atoms. The quantitative estimate of drug-likeness (QED) is 0.0167. The summed E-state index contributed by atoms with van der Waals surface area (Å²) in [6, 6.07) is 0. The van der Waals surface area contributed by atoms with Gasteiger partial charge in [0.2, 0.25) is 11.8 Å². The third-order valence-electron chi connectivity index (χ3n) is 20.2. The van der Waals surface area contributed by atoms with Crippen molar-refractivity contribution in [3.63, 3.8) is 0 Å². The molecule has 0 aromatic carbocycles. The van der Waals surface area contributed by atoms with Crippen LogP contribution in [0.1, 0.15) is 278 Å². The first-order valence-corrected chi connectivity index (χ1v) is 51.5. The van der Waals surface area contributed by atoms with Gasteiger partial charge in [-0.2, -0.15) is 0 Å². The maximum absolute atomic E-state index is 12.3. The van der Waals surface area contributed by atoms with Crippen molar-refractivity contribution in [2.24, 2.45) is 10.2 Å². The second-order valence-corrected chi connectivity index (χ2v) is 33.5. The maximum atomic E-state index is 12.3. The number of ketones is 2. The van der Waals surface area contributed by atoms with E-state index in [2.05, 4.69) is 30.7 Å². The fraction of sp³-hybridized carbons (Fsp3) is 0.939. The molecule has 0 radical (unpaired) electrons. The number of unbranched alkanes of at least 4 members (excludes halogenated alkanes) is 28. The predicted octanol–water partition coefficient (Wildman–Crippen LogP) is 15.4. The topological polar surface area (TPSA) is 457 Å². The fourth-order valence-corrected chi connectivity index (χ4v) is 12.9. The van der Waals surface area contributed by atoms with Crippen LogP contribution in [0.3, 0.4) is 0 Å². The molecule has 0 aromatic rings. The molecule has 0 aliphatic rings. The lowest BCUT2D eigenvalue weighted by atomic mass is 10.0. The number of azide groups is 2. The highest BCUT2D eigenvalue weighted by atomic mass is 16.6. The van der Waals surface area contributed by atoms with Crippen molar-refractivity contribution in [1.29, 1.82) is 0 Å². The molecular weight excluding hydrogens is 1770 g/mol. The van der Waals surface area contributed by atoms with Crippen LogP contribution >= 0.6 is 0 Å². The number of nitrogens with zero attached hydrogens (tertiary/aromatic N) is 6. The zero-order chi connectivity index (χ0) is 98.7. The van der Waals surface area contributed by atoms with Gasteiger partial charge in [0.1, 0.15) is 17.2 Å². The molecule has 136 heavy (non-hydrogen) atoms. The molecular formula is C98H188N8O30. The van der Waals surface area contributed by atoms with Gasteiger partial charge in [0.25, 0.3) is 0 Å². The maximum Gasteiger partial charge on any atom is 0.306 e. The summed E-state index contributed by atoms with van der Waals surface area (Å²) in [6.07, 6.45) is 40.4. The number of hydrogen-bond donors (Lipinski definition) is 3. The van der Waals surface area contributed by atoms with E-state index in [0.717, 1.165) is 83.5 Å². The van der Waals surface area contributed by atoms with Gasteiger partial charge >= 0.3 is 11.9 Å². The van der Waals surface area contributed by atoms with Crippen LogP contribution in [-0.2, 0) is 138 Å². The van der Waals surface area contributed by atoms with Crippen LogP contribution in [0, 0.1) is 0 Å². The van der Waals surface area contributed by atoms with Crippen molar-refractivity contribution in [1.82, 2.24) is 10.6 Å². The minimum atomic E-state index is -0.688. The molecule has 0 saturated carbocycles. The summed E-state index contributed by atoms with van der Waals surface area (Å²) in [5.41, 5.74) is 15.9. The van der Waals surface area contributed by atoms with E-state index >= 15 is 0 Å². The first kappa shape index (κ1) is 133. The van der Waals surface area contributed by atoms with Crippen molar-refractivity contribution >= 4 is 35.3 Å². The number of hydrogen-bond acceptors (Lipinski definition) is 31. The van der Waals surface area contributed by atoms with Crippen LogP contribution < -0.4 is 10.6 Å². The number of amides is 2. The number of carbonyl (C=O) groups is 6. The first-order chi connectivity index (χ1) is 66.8. The Morgan fingerprint density at radius 1 is 0.221 bits per heavy atom. The molecule has 0 atom stereocenters. The van der Waals surface area contributed by atoms with Crippen molar-refractivity contribution in [3.05, 3.63) is 20.9 Å². The lowest BCUT2D eigenvalue weighted by molar-refractivity contribution is -0.155. The molecule has 0 bridgehead atoms. The molecule has 2 amide bonds. The number of rotatable bonds is 116. The van der Waals surface area contributed by atoms with E-state index in [-0.39, 0.29) is 23.4 Å². The van der Waals surface area contributed by atoms with E-state index < -0.39 is 5.97 Å². The average Bonchev–Trinajstić information content (AvgIpc) is 0.949. The van der Waals surface area contributed by atoms with E-state index in [1.807, 2.05) is 20.8 Å². The predicted molar refractivity (Wildman–Crippen MR) is 520 cm³/mol. The second-order valence-electron chi connectivity index (χ2n) is 33.5. The van der Waals surface area contributed by atoms with E-state index in [0.29, 0.717) is 380 Å². The normalized spacial score (nSPS) is 11.4. The summed E-state index contributed by atoms with van der Waals surface area (Å²) < 4.78 is 125. The SMILES string of the molecule is CC(C)(C)OC(=O)CCCCCCCCCCCCCCCCC(=O)CCCCC(=O)NCCOCCOCCOCCOCCOCCOCCOCCOCCOCCOCCOCCN=[N+]=[N-].[N-]=[N+]=NCCOCCOCCOCCOCCOCCOCCOCCOCCOCCOCCOCCNC(=O)CCCCC(=O)CCCCCCCCCCCCCCCCC(=O)O. The number of Topliss-reactive ketones (excluding diaryl/α,β-unsaturated/α-hetero) is 2. The average molecular weight is 1960 g/mol. The highest BCUT2D eigenvalue weighted by molar-refractivity contribution is 5.79. The van der Waals surface area contributed by atoms with Gasteiger partial charge in [0.15, 0.2) is 0 Å². The summed E-state index contributed by atoms with van der Waals surface area (Å²) in [7, 11) is 0. The van der Waals surface area contributed by atoms with Crippen LogP contribution in [0.2, 0.25) is 0 Å². The van der Waals surface area contributed by atoms with Crippen LogP contribution in [0.5, 0.6) is 0 Å². The molecule has 0 saturated heterocycles. The molecule has 3 N–H and O–H groups in total. The van der Waals surface area contributed by atoms with E-state index in [9.17, 15) is 28.8 Å². The Kier molecular flexibility index (Phi) is 114. The van der Waals surface area contributed by atoms with Gasteiger partial charge in [-0.1, -0.05) is 164 Å². The van der Waals surface area contributed by atoms with Crippen molar-refractivity contribution in [3.8, 4) is 0 Å². The summed E-state index contributed by atoms with van der Waals surface area (Å²) in [5.74, 6) is -0.163. The summed E-state index contributed by atoms with van der Waals surface area (Å²) >= 11 is 0. The van der Waals surface area contributed by atoms with Gasteiger partial charge < -0.3 is 125 Å². The van der Waals surface area contributed by atoms with Crippen LogP contribution in [0.25, 0.3) is 20.9 Å². The lowest BCUT2D eigenvalue weighted by Gasteiger charge is -2.19. The zero-order valence-corrected chi connectivity index (χ0v) is 84.7. The van der Waals surface area contributed by atoms with Crippen LogP contribution in [0.15, 0.2) is 10.2 Å². The largest absolute Gasteiger partial charge is 0.481 e. The number of nitrogens with one attached hydrogen (secondary N) is 2. The van der Waals surface area contributed by atoms with E-state index in [4.69, 9.17) is 125 Å². The van der Waals surface area contributed by atoms with Gasteiger partial charge in [0.05, 0.1) is 291 Å². The molecule has 0 aliphatic heterocycles. The summed E-state index contributed by atoms with van der Waals surface area (Å²) in [5, 5.41) is 21.2. The fourth-order valence-electron chi connectivity index (χ4n) is 12.9. The van der Waals surface area contributed by atoms with E-state index in [1.165, 1.54) is 122 Å². The highest BCUT2D eigenvalue weighted by Crippen LogP contribution is 2.18. The second kappa shape index (κ2) is 117. The number of esters is 1. The van der Waals surface area contributed by atoms with Crippen molar-refractivity contribution in [2.75, 3.05) is 317 Å². The van der Waals surface area contributed by atoms with Gasteiger partial charge in [-0.05, 0) is 83.2 Å². The molecule has 800 valence electrons. The van der Waals surface area contributed by atoms with Gasteiger partial charge in [-0.15, -0.1) is 0 Å². The molecule has 0 aliphatic carbocycles. The number of aliphatic carboxylic acids is 1. The molecule has 0 fully saturated rings. The molecule has 0 aromatic heterocycles. The Labute approximate surface area is 816 Å². The van der Waals surface area contributed by atoms with Crippen LogP contribution in [0.4, 0.5) is 0 Å². The van der Waals surface area contributed by atoms with Gasteiger partial charge in [0, 0.05) is 87.4 Å². The third kappa shape index (κ3) is 125. The third-order valence-corrected chi connectivity index (χ3v) is 20.2. The minimum Gasteiger partial charge on any atom is -0.481 e. The molecule has 0 unspecified atom stereocenters.